The van der Waals surface area contributed by atoms with Crippen molar-refractivity contribution in [3.8, 4) is 5.69 Å². The number of aromatic nitrogens is 6. The number of hydrogen-bond donors (Lipinski definition) is 1. The lowest BCUT2D eigenvalue weighted by Gasteiger charge is -2.10. The van der Waals surface area contributed by atoms with Crippen molar-refractivity contribution in [1.82, 2.24) is 30.2 Å². The SMILES string of the molecule is CSc1nc(C)c(CCC(=O)Nc2cccc(-n3cnnn3)c2)c(C)n1. The van der Waals surface area contributed by atoms with Crippen LogP contribution in [0.15, 0.2) is 35.7 Å². The fourth-order valence-corrected chi connectivity index (χ4v) is 3.09. The lowest BCUT2D eigenvalue weighted by Crippen LogP contribution is -2.14. The van der Waals surface area contributed by atoms with E-state index >= 15 is 0 Å². The van der Waals surface area contributed by atoms with Gasteiger partial charge in [-0.3, -0.25) is 4.79 Å². The van der Waals surface area contributed by atoms with Crippen LogP contribution in [0.2, 0.25) is 0 Å². The Morgan fingerprint density at radius 2 is 2.00 bits per heavy atom. The van der Waals surface area contributed by atoms with Gasteiger partial charge >= 0.3 is 0 Å². The summed E-state index contributed by atoms with van der Waals surface area (Å²) >= 11 is 1.51. The molecule has 0 bridgehead atoms. The van der Waals surface area contributed by atoms with Gasteiger partial charge in [0.1, 0.15) is 6.33 Å². The molecule has 26 heavy (non-hydrogen) atoms. The second-order valence-corrected chi connectivity index (χ2v) is 6.49. The number of hydrogen-bond acceptors (Lipinski definition) is 7. The summed E-state index contributed by atoms with van der Waals surface area (Å²) in [5.41, 5.74) is 4.36. The van der Waals surface area contributed by atoms with E-state index in [0.29, 0.717) is 18.5 Å². The van der Waals surface area contributed by atoms with Crippen LogP contribution in [-0.4, -0.2) is 42.3 Å². The van der Waals surface area contributed by atoms with Crippen LogP contribution in [0.1, 0.15) is 23.4 Å². The summed E-state index contributed by atoms with van der Waals surface area (Å²) < 4.78 is 1.53. The predicted octanol–water partition coefficient (Wildman–Crippen LogP) is 2.36. The molecule has 1 amide bonds. The van der Waals surface area contributed by atoms with Gasteiger partial charge < -0.3 is 5.32 Å². The van der Waals surface area contributed by atoms with Gasteiger partial charge in [0.15, 0.2) is 5.16 Å². The molecule has 1 N–H and O–H groups in total. The largest absolute Gasteiger partial charge is 0.326 e. The zero-order chi connectivity index (χ0) is 18.5. The van der Waals surface area contributed by atoms with Crippen molar-refractivity contribution in [1.29, 1.82) is 0 Å². The number of carbonyl (C=O) groups excluding carboxylic acids is 1. The summed E-state index contributed by atoms with van der Waals surface area (Å²) in [4.78, 5) is 21.2. The van der Waals surface area contributed by atoms with Crippen molar-refractivity contribution < 1.29 is 4.79 Å². The van der Waals surface area contributed by atoms with E-state index in [4.69, 9.17) is 0 Å². The van der Waals surface area contributed by atoms with Gasteiger partial charge in [0.2, 0.25) is 5.91 Å². The molecule has 0 atom stereocenters. The van der Waals surface area contributed by atoms with E-state index in [0.717, 1.165) is 27.8 Å². The van der Waals surface area contributed by atoms with Crippen LogP contribution in [0.3, 0.4) is 0 Å². The molecular formula is C17H19N7OS. The molecule has 0 saturated carbocycles. The first-order valence-corrected chi connectivity index (χ1v) is 9.30. The Morgan fingerprint density at radius 3 is 2.65 bits per heavy atom. The highest BCUT2D eigenvalue weighted by atomic mass is 32.2. The minimum Gasteiger partial charge on any atom is -0.326 e. The van der Waals surface area contributed by atoms with E-state index in [9.17, 15) is 4.79 Å². The summed E-state index contributed by atoms with van der Waals surface area (Å²) in [6.07, 6.45) is 4.42. The minimum atomic E-state index is -0.0633. The number of amides is 1. The van der Waals surface area contributed by atoms with Gasteiger partial charge in [-0.15, -0.1) is 5.10 Å². The minimum absolute atomic E-state index is 0.0633. The number of aryl methyl sites for hydroxylation is 2. The van der Waals surface area contributed by atoms with E-state index in [1.807, 2.05) is 44.4 Å². The second-order valence-electron chi connectivity index (χ2n) is 5.71. The molecule has 0 saturated heterocycles. The zero-order valence-electron chi connectivity index (χ0n) is 14.8. The average molecular weight is 369 g/mol. The quantitative estimate of drug-likeness (QED) is 0.526. The Kier molecular flexibility index (Phi) is 5.57. The smallest absolute Gasteiger partial charge is 0.224 e. The van der Waals surface area contributed by atoms with Gasteiger partial charge in [0, 0.05) is 23.5 Å². The van der Waals surface area contributed by atoms with E-state index in [2.05, 4.69) is 30.8 Å². The number of carbonyl (C=O) groups is 1. The third-order valence-corrected chi connectivity index (χ3v) is 4.48. The van der Waals surface area contributed by atoms with Gasteiger partial charge in [0.05, 0.1) is 5.69 Å². The molecule has 0 unspecified atom stereocenters. The fraction of sp³-hybridized carbons (Fsp3) is 0.294. The van der Waals surface area contributed by atoms with Crippen molar-refractivity contribution in [2.24, 2.45) is 0 Å². The van der Waals surface area contributed by atoms with Gasteiger partial charge in [-0.1, -0.05) is 17.8 Å². The Labute approximate surface area is 155 Å². The van der Waals surface area contributed by atoms with Gasteiger partial charge in [-0.05, 0) is 60.7 Å². The number of anilines is 1. The summed E-state index contributed by atoms with van der Waals surface area (Å²) in [6.45, 7) is 3.91. The molecule has 134 valence electrons. The molecule has 0 spiro atoms. The second kappa shape index (κ2) is 8.05. The molecule has 9 heteroatoms. The number of thioether (sulfide) groups is 1. The highest BCUT2D eigenvalue weighted by molar-refractivity contribution is 7.98. The predicted molar refractivity (Wildman–Crippen MR) is 99.4 cm³/mol. The number of nitrogens with one attached hydrogen (secondary N) is 1. The van der Waals surface area contributed by atoms with Crippen LogP contribution in [0.25, 0.3) is 5.69 Å². The van der Waals surface area contributed by atoms with E-state index in [-0.39, 0.29) is 5.91 Å². The van der Waals surface area contributed by atoms with Crippen molar-refractivity contribution >= 4 is 23.4 Å². The summed E-state index contributed by atoms with van der Waals surface area (Å²) in [6, 6.07) is 7.36. The zero-order valence-corrected chi connectivity index (χ0v) is 15.6. The van der Waals surface area contributed by atoms with Crippen molar-refractivity contribution in [3.63, 3.8) is 0 Å². The lowest BCUT2D eigenvalue weighted by atomic mass is 10.1. The fourth-order valence-electron chi connectivity index (χ4n) is 2.63. The van der Waals surface area contributed by atoms with Crippen LogP contribution in [0, 0.1) is 13.8 Å². The third kappa shape index (κ3) is 4.23. The first-order valence-electron chi connectivity index (χ1n) is 8.08. The Bertz CT molecular complexity index is 888. The Hall–Kier alpha value is -2.81. The topological polar surface area (TPSA) is 98.5 Å². The third-order valence-electron chi connectivity index (χ3n) is 3.93. The monoisotopic (exact) mass is 369 g/mol. The van der Waals surface area contributed by atoms with Crippen LogP contribution in [-0.2, 0) is 11.2 Å². The summed E-state index contributed by atoms with van der Waals surface area (Å²) in [7, 11) is 0. The first kappa shape index (κ1) is 18.0. The molecular weight excluding hydrogens is 350 g/mol. The standard InChI is InChI=1S/C17H19N7OS/c1-11-15(12(2)20-17(19-11)26-3)7-8-16(25)21-13-5-4-6-14(9-13)24-10-18-22-23-24/h4-6,9-10H,7-8H2,1-3H3,(H,21,25). The molecule has 1 aromatic carbocycles. The first-order chi connectivity index (χ1) is 12.6. The molecule has 3 rings (SSSR count). The highest BCUT2D eigenvalue weighted by Gasteiger charge is 2.11. The lowest BCUT2D eigenvalue weighted by molar-refractivity contribution is -0.116. The average Bonchev–Trinajstić information content (AvgIpc) is 3.15. The molecule has 8 nitrogen and oxygen atoms in total. The Morgan fingerprint density at radius 1 is 1.23 bits per heavy atom. The maximum atomic E-state index is 12.3. The highest BCUT2D eigenvalue weighted by Crippen LogP contribution is 2.18. The number of benzene rings is 1. The molecule has 0 fully saturated rings. The van der Waals surface area contributed by atoms with E-state index in [1.54, 1.807) is 0 Å². The molecule has 2 heterocycles. The molecule has 0 aliphatic rings. The molecule has 2 aromatic heterocycles. The molecule has 0 aliphatic carbocycles. The molecule has 3 aromatic rings. The van der Waals surface area contributed by atoms with Crippen LogP contribution in [0.5, 0.6) is 0 Å². The molecule has 0 aliphatic heterocycles. The van der Waals surface area contributed by atoms with Crippen LogP contribution < -0.4 is 5.32 Å². The van der Waals surface area contributed by atoms with E-state index in [1.165, 1.54) is 22.8 Å². The van der Waals surface area contributed by atoms with Gasteiger partial charge in [-0.25, -0.2) is 14.6 Å². The van der Waals surface area contributed by atoms with Crippen molar-refractivity contribution in [3.05, 3.63) is 47.5 Å². The number of tetrazole rings is 1. The number of rotatable bonds is 6. The molecule has 0 radical (unpaired) electrons. The Balaban J connectivity index is 1.64. The number of nitrogens with zero attached hydrogens (tertiary/aromatic N) is 6. The van der Waals surface area contributed by atoms with Crippen molar-refractivity contribution in [2.75, 3.05) is 11.6 Å². The normalized spacial score (nSPS) is 10.7. The van der Waals surface area contributed by atoms with Crippen molar-refractivity contribution in [2.45, 2.75) is 31.8 Å². The van der Waals surface area contributed by atoms with Crippen LogP contribution in [0.4, 0.5) is 5.69 Å². The maximum absolute atomic E-state index is 12.3. The summed E-state index contributed by atoms with van der Waals surface area (Å²) in [5.74, 6) is -0.0633. The van der Waals surface area contributed by atoms with Gasteiger partial charge in [0.25, 0.3) is 0 Å². The maximum Gasteiger partial charge on any atom is 0.224 e. The van der Waals surface area contributed by atoms with E-state index < -0.39 is 0 Å². The van der Waals surface area contributed by atoms with Crippen LogP contribution >= 0.6 is 11.8 Å². The summed E-state index contributed by atoms with van der Waals surface area (Å²) in [5, 5.41) is 14.7. The van der Waals surface area contributed by atoms with Gasteiger partial charge in [-0.2, -0.15) is 0 Å².